The second-order valence-corrected chi connectivity index (χ2v) is 9.60. The van der Waals surface area contributed by atoms with Gasteiger partial charge in [0.25, 0.3) is 0 Å². The molecule has 1 aliphatic rings. The molecule has 2 unspecified atom stereocenters. The standard InChI is InChI=1S/C20H18F4N2O4S/c1-19(2)11-26(31(28,29)16-6-4-3-5-15(16)21)18(27)17(19)30-13-8-7-12(10-25)14(9-13)20(22,23)24/h3-9,17-18,27H,11H2,1-2H3. The van der Waals surface area contributed by atoms with E-state index in [0.717, 1.165) is 24.3 Å². The molecule has 1 saturated heterocycles. The van der Waals surface area contributed by atoms with Gasteiger partial charge in [-0.1, -0.05) is 26.0 Å². The predicted octanol–water partition coefficient (Wildman–Crippen LogP) is 3.51. The summed E-state index contributed by atoms with van der Waals surface area (Å²) in [4.78, 5) is -0.636. The van der Waals surface area contributed by atoms with Crippen LogP contribution in [-0.2, 0) is 16.2 Å². The van der Waals surface area contributed by atoms with E-state index in [2.05, 4.69) is 0 Å². The zero-order valence-corrected chi connectivity index (χ0v) is 17.2. The van der Waals surface area contributed by atoms with Gasteiger partial charge in [-0.3, -0.25) is 0 Å². The summed E-state index contributed by atoms with van der Waals surface area (Å²) in [5.74, 6) is -1.30. The number of rotatable bonds is 4. The first kappa shape index (κ1) is 23.0. The first-order valence-electron chi connectivity index (χ1n) is 9.01. The third kappa shape index (κ3) is 4.23. The third-order valence-corrected chi connectivity index (χ3v) is 6.85. The molecule has 2 aromatic rings. The van der Waals surface area contributed by atoms with Crippen LogP contribution >= 0.6 is 0 Å². The fraction of sp³-hybridized carbons (Fsp3) is 0.350. The minimum absolute atomic E-state index is 0.266. The summed E-state index contributed by atoms with van der Waals surface area (Å²) in [6.45, 7) is 2.86. The molecule has 0 saturated carbocycles. The molecule has 0 bridgehead atoms. The Morgan fingerprint density at radius 3 is 2.45 bits per heavy atom. The van der Waals surface area contributed by atoms with E-state index in [-0.39, 0.29) is 12.3 Å². The van der Waals surface area contributed by atoms with Crippen LogP contribution in [0.4, 0.5) is 17.6 Å². The summed E-state index contributed by atoms with van der Waals surface area (Å²) in [5, 5.41) is 19.6. The normalized spacial score (nSPS) is 21.6. The Labute approximate surface area is 176 Å². The van der Waals surface area contributed by atoms with Crippen molar-refractivity contribution in [1.82, 2.24) is 4.31 Å². The summed E-state index contributed by atoms with van der Waals surface area (Å²) >= 11 is 0. The van der Waals surface area contributed by atoms with Crippen molar-refractivity contribution >= 4 is 10.0 Å². The number of sulfonamides is 1. The lowest BCUT2D eigenvalue weighted by Crippen LogP contribution is -2.42. The molecule has 0 amide bonds. The maximum Gasteiger partial charge on any atom is 0.417 e. The van der Waals surface area contributed by atoms with Crippen molar-refractivity contribution in [2.45, 2.75) is 37.3 Å². The lowest BCUT2D eigenvalue weighted by Gasteiger charge is -2.28. The van der Waals surface area contributed by atoms with Crippen LogP contribution in [0, 0.1) is 22.6 Å². The molecule has 1 N–H and O–H groups in total. The van der Waals surface area contributed by atoms with Crippen LogP contribution in [0.25, 0.3) is 0 Å². The summed E-state index contributed by atoms with van der Waals surface area (Å²) in [6.07, 6.45) is -7.86. The van der Waals surface area contributed by atoms with Crippen molar-refractivity contribution in [3.63, 3.8) is 0 Å². The monoisotopic (exact) mass is 458 g/mol. The molecule has 0 radical (unpaired) electrons. The highest BCUT2D eigenvalue weighted by Gasteiger charge is 2.53. The van der Waals surface area contributed by atoms with Gasteiger partial charge in [0, 0.05) is 12.0 Å². The van der Waals surface area contributed by atoms with Gasteiger partial charge >= 0.3 is 6.18 Å². The Morgan fingerprint density at radius 1 is 1.23 bits per heavy atom. The summed E-state index contributed by atoms with van der Waals surface area (Å²) in [5.41, 5.74) is -2.85. The molecule has 31 heavy (non-hydrogen) atoms. The summed E-state index contributed by atoms with van der Waals surface area (Å²) in [7, 11) is -4.45. The van der Waals surface area contributed by atoms with E-state index in [4.69, 9.17) is 10.00 Å². The van der Waals surface area contributed by atoms with Crippen molar-refractivity contribution in [1.29, 1.82) is 5.26 Å². The molecule has 1 heterocycles. The van der Waals surface area contributed by atoms with E-state index >= 15 is 0 Å². The highest BCUT2D eigenvalue weighted by atomic mass is 32.2. The molecular weight excluding hydrogens is 440 g/mol. The SMILES string of the molecule is CC1(C)CN(S(=O)(=O)c2ccccc2F)C(O)C1Oc1ccc(C#N)c(C(F)(F)F)c1. The quantitative estimate of drug-likeness (QED) is 0.709. The average molecular weight is 458 g/mol. The minimum Gasteiger partial charge on any atom is -0.486 e. The highest BCUT2D eigenvalue weighted by molar-refractivity contribution is 7.89. The number of hydrogen-bond donors (Lipinski definition) is 1. The Morgan fingerprint density at radius 2 is 1.87 bits per heavy atom. The Bertz CT molecular complexity index is 1140. The topological polar surface area (TPSA) is 90.6 Å². The van der Waals surface area contributed by atoms with Gasteiger partial charge < -0.3 is 9.84 Å². The average Bonchev–Trinajstić information content (AvgIpc) is 2.91. The summed E-state index contributed by atoms with van der Waals surface area (Å²) in [6, 6.07) is 8.78. The van der Waals surface area contributed by atoms with Crippen LogP contribution in [-0.4, -0.2) is 36.7 Å². The van der Waals surface area contributed by atoms with Crippen LogP contribution < -0.4 is 4.74 Å². The highest BCUT2D eigenvalue weighted by Crippen LogP contribution is 2.41. The van der Waals surface area contributed by atoms with Gasteiger partial charge in [0.1, 0.15) is 22.6 Å². The fourth-order valence-electron chi connectivity index (χ4n) is 3.44. The van der Waals surface area contributed by atoms with Gasteiger partial charge in [-0.2, -0.15) is 22.7 Å². The van der Waals surface area contributed by atoms with Crippen molar-refractivity contribution in [3.8, 4) is 11.8 Å². The number of benzene rings is 2. The van der Waals surface area contributed by atoms with E-state index in [9.17, 15) is 31.1 Å². The minimum atomic E-state index is -4.81. The maximum absolute atomic E-state index is 14.1. The molecule has 0 aliphatic carbocycles. The van der Waals surface area contributed by atoms with Crippen molar-refractivity contribution in [2.75, 3.05) is 6.54 Å². The van der Waals surface area contributed by atoms with Crippen LogP contribution in [0.2, 0.25) is 0 Å². The summed E-state index contributed by atoms with van der Waals surface area (Å²) < 4.78 is 85.8. The fourth-order valence-corrected chi connectivity index (χ4v) is 5.16. The van der Waals surface area contributed by atoms with Gasteiger partial charge in [-0.05, 0) is 30.3 Å². The predicted molar refractivity (Wildman–Crippen MR) is 101 cm³/mol. The number of aliphatic hydroxyl groups is 1. The van der Waals surface area contributed by atoms with Crippen molar-refractivity contribution < 1.29 is 35.8 Å². The van der Waals surface area contributed by atoms with Crippen LogP contribution in [0.3, 0.4) is 0 Å². The lowest BCUT2D eigenvalue weighted by molar-refractivity contribution is -0.138. The molecule has 1 aliphatic heterocycles. The number of nitrogens with zero attached hydrogens (tertiary/aromatic N) is 2. The van der Waals surface area contributed by atoms with Crippen molar-refractivity contribution in [3.05, 3.63) is 59.4 Å². The molecule has 2 atom stereocenters. The number of halogens is 4. The first-order valence-corrected chi connectivity index (χ1v) is 10.5. The van der Waals surface area contributed by atoms with Crippen LogP contribution in [0.5, 0.6) is 5.75 Å². The molecule has 1 fully saturated rings. The molecule has 3 rings (SSSR count). The number of ether oxygens (including phenoxy) is 1. The second-order valence-electron chi connectivity index (χ2n) is 7.74. The Kier molecular flexibility index (Phi) is 5.77. The van der Waals surface area contributed by atoms with Crippen LogP contribution in [0.15, 0.2) is 47.4 Å². The largest absolute Gasteiger partial charge is 0.486 e. The van der Waals surface area contributed by atoms with Crippen LogP contribution in [0.1, 0.15) is 25.0 Å². The Balaban J connectivity index is 1.96. The molecule has 0 aromatic heterocycles. The maximum atomic E-state index is 14.1. The molecule has 11 heteroatoms. The second kappa shape index (κ2) is 7.78. The van der Waals surface area contributed by atoms with Gasteiger partial charge in [-0.15, -0.1) is 0 Å². The molecule has 166 valence electrons. The van der Waals surface area contributed by atoms with Crippen molar-refractivity contribution in [2.24, 2.45) is 5.41 Å². The van der Waals surface area contributed by atoms with E-state index < -0.39 is 55.8 Å². The van der Waals surface area contributed by atoms with Gasteiger partial charge in [-0.25, -0.2) is 12.8 Å². The van der Waals surface area contributed by atoms with E-state index in [1.54, 1.807) is 13.8 Å². The zero-order valence-electron chi connectivity index (χ0n) is 16.4. The lowest BCUT2D eigenvalue weighted by atomic mass is 9.89. The molecule has 6 nitrogen and oxygen atoms in total. The van der Waals surface area contributed by atoms with Gasteiger partial charge in [0.2, 0.25) is 10.0 Å². The number of nitriles is 1. The molecule has 2 aromatic carbocycles. The smallest absolute Gasteiger partial charge is 0.417 e. The van der Waals surface area contributed by atoms with Gasteiger partial charge in [0.15, 0.2) is 6.23 Å². The van der Waals surface area contributed by atoms with E-state index in [0.29, 0.717) is 10.4 Å². The zero-order chi connectivity index (χ0) is 23.2. The number of alkyl halides is 3. The van der Waals surface area contributed by atoms with E-state index in [1.165, 1.54) is 18.2 Å². The molecular formula is C20H18F4N2O4S. The molecule has 0 spiro atoms. The van der Waals surface area contributed by atoms with E-state index in [1.807, 2.05) is 0 Å². The van der Waals surface area contributed by atoms with Gasteiger partial charge in [0.05, 0.1) is 17.2 Å². The first-order chi connectivity index (χ1) is 14.3. The Hall–Kier alpha value is -2.68. The number of hydrogen-bond acceptors (Lipinski definition) is 5. The number of aliphatic hydroxyl groups excluding tert-OH is 1. The third-order valence-electron chi connectivity index (χ3n) is 5.00.